The summed E-state index contributed by atoms with van der Waals surface area (Å²) in [7, 11) is 0. The van der Waals surface area contributed by atoms with Crippen LogP contribution in [0.3, 0.4) is 0 Å². The number of benzene rings is 6. The molecule has 12 N–H and O–H groups in total. The van der Waals surface area contributed by atoms with E-state index >= 15 is 0 Å². The van der Waals surface area contributed by atoms with Gasteiger partial charge < -0.3 is 63.8 Å². The molecule has 0 aromatic heterocycles. The van der Waals surface area contributed by atoms with Crippen LogP contribution in [0.5, 0.6) is 0 Å². The lowest BCUT2D eigenvalue weighted by Crippen LogP contribution is -2.31. The second-order valence-corrected chi connectivity index (χ2v) is 21.5. The first-order valence-corrected chi connectivity index (χ1v) is 32.1. The van der Waals surface area contributed by atoms with Crippen LogP contribution in [-0.4, -0.2) is 101 Å². The molecule has 0 heterocycles. The molecular weight excluding hydrogens is 1360 g/mol. The number of hydrogen-bond acceptors (Lipinski definition) is 18. The molecule has 0 aliphatic heterocycles. The van der Waals surface area contributed by atoms with Gasteiger partial charge in [-0.15, -0.1) is 0 Å². The lowest BCUT2D eigenvalue weighted by atomic mass is 10.3. The lowest BCUT2D eigenvalue weighted by molar-refractivity contribution is 0.694. The van der Waals surface area contributed by atoms with Gasteiger partial charge in [0, 0.05) is 73.4 Å². The van der Waals surface area contributed by atoms with Gasteiger partial charge in [0.05, 0.1) is 65.1 Å². The van der Waals surface area contributed by atoms with Crippen LogP contribution in [0.25, 0.3) is 0 Å². The molecule has 0 bridgehead atoms. The number of anilines is 6. The average Bonchev–Trinajstić information content (AvgIpc) is 3.61. The summed E-state index contributed by atoms with van der Waals surface area (Å²) >= 11 is 59.6. The second kappa shape index (κ2) is 46.4. The highest BCUT2D eigenvalue weighted by atomic mass is 32.1. The Morgan fingerprint density at radius 1 is 0.244 bits per heavy atom. The molecule has 462 valence electrons. The molecule has 0 radical (unpaired) electrons. The van der Waals surface area contributed by atoms with Crippen LogP contribution in [0.1, 0.15) is 38.5 Å². The van der Waals surface area contributed by atoms with Crippen molar-refractivity contribution in [2.75, 3.05) is 71.2 Å². The van der Waals surface area contributed by atoms with E-state index in [1.165, 1.54) is 0 Å². The number of hydrogen-bond donors (Lipinski definition) is 12. The highest BCUT2D eigenvalue weighted by Crippen LogP contribution is 2.22. The summed E-state index contributed by atoms with van der Waals surface area (Å²) in [4.78, 5) is 23.7. The van der Waals surface area contributed by atoms with E-state index in [1.54, 1.807) is 0 Å². The van der Waals surface area contributed by atoms with E-state index in [2.05, 4.69) is 198 Å². The molecule has 6 aromatic carbocycles. The Morgan fingerprint density at radius 2 is 0.389 bits per heavy atom. The molecule has 0 saturated carbocycles. The summed E-state index contributed by atoms with van der Waals surface area (Å²) in [5, 5.41) is 55.3. The fourth-order valence-electron chi connectivity index (χ4n) is 7.25. The normalized spacial score (nSPS) is 9.47. The number of nitrogens with zero attached hydrogens (tertiary/aromatic N) is 6. The molecule has 0 spiro atoms. The molecule has 0 aliphatic rings. The first-order valence-electron chi connectivity index (χ1n) is 27.2. The summed E-state index contributed by atoms with van der Waals surface area (Å²) in [6.45, 7) is 4.52. The zero-order valence-electron chi connectivity index (χ0n) is 47.9. The Kier molecular flexibility index (Phi) is 38.5. The maximum absolute atomic E-state index is 5.31. The van der Waals surface area contributed by atoms with Crippen molar-refractivity contribution in [3.05, 3.63) is 146 Å². The number of thiocarbonyl (C=S) groups is 12. The van der Waals surface area contributed by atoms with Crippen molar-refractivity contribution in [1.29, 1.82) is 0 Å². The van der Waals surface area contributed by atoms with Crippen molar-refractivity contribution in [2.24, 2.45) is 30.0 Å². The predicted octanol–water partition coefficient (Wildman–Crippen LogP) is 15.6. The van der Waals surface area contributed by atoms with Crippen molar-refractivity contribution in [3.8, 4) is 0 Å². The Balaban J connectivity index is 0.000000288. The van der Waals surface area contributed by atoms with Gasteiger partial charge in [-0.3, -0.25) is 0 Å². The topological polar surface area (TPSA) is 219 Å². The first kappa shape index (κ1) is 74.7. The van der Waals surface area contributed by atoms with Gasteiger partial charge in [-0.2, -0.15) is 30.0 Å². The van der Waals surface area contributed by atoms with Crippen LogP contribution in [0.15, 0.2) is 176 Å². The van der Waals surface area contributed by atoms with Crippen molar-refractivity contribution in [3.63, 3.8) is 0 Å². The molecule has 18 nitrogen and oxygen atoms in total. The smallest absolute Gasteiger partial charge is 0.170 e. The van der Waals surface area contributed by atoms with Gasteiger partial charge in [0.15, 0.2) is 30.7 Å². The summed E-state index contributed by atoms with van der Waals surface area (Å²) in [6, 6.07) is 44.9. The van der Waals surface area contributed by atoms with E-state index < -0.39 is 0 Å². The van der Waals surface area contributed by atoms with Gasteiger partial charge in [0.2, 0.25) is 0 Å². The fourth-order valence-corrected chi connectivity index (χ4v) is 9.20. The maximum atomic E-state index is 5.31. The zero-order chi connectivity index (χ0) is 64.8. The lowest BCUT2D eigenvalue weighted by Gasteiger charge is -2.12. The van der Waals surface area contributed by atoms with Gasteiger partial charge >= 0.3 is 0 Å². The Hall–Kier alpha value is -7.74. The monoisotopic (exact) mass is 1420 g/mol. The third-order valence-corrected chi connectivity index (χ3v) is 13.2. The quantitative estimate of drug-likeness (QED) is 0.0131. The van der Waals surface area contributed by atoms with Crippen molar-refractivity contribution >= 4 is 277 Å². The van der Waals surface area contributed by atoms with E-state index in [0.29, 0.717) is 30.7 Å². The molecule has 0 unspecified atom stereocenters. The van der Waals surface area contributed by atoms with Crippen LogP contribution >= 0.6 is 147 Å². The molecule has 0 fully saturated rings. The van der Waals surface area contributed by atoms with Crippen molar-refractivity contribution in [2.45, 2.75) is 38.5 Å². The zero-order valence-corrected chi connectivity index (χ0v) is 57.7. The molecule has 6 rings (SSSR count). The van der Waals surface area contributed by atoms with E-state index in [1.807, 2.05) is 146 Å². The summed E-state index contributed by atoms with van der Waals surface area (Å²) in [5.41, 5.74) is 9.44. The third kappa shape index (κ3) is 34.3. The minimum absolute atomic E-state index is 0.558. The molecule has 90 heavy (non-hydrogen) atoms. The highest BCUT2D eigenvalue weighted by Gasteiger charge is 2.05. The van der Waals surface area contributed by atoms with Crippen molar-refractivity contribution < 1.29 is 0 Å². The highest BCUT2D eigenvalue weighted by molar-refractivity contribution is 7.82. The van der Waals surface area contributed by atoms with Crippen LogP contribution < -0.4 is 63.8 Å². The van der Waals surface area contributed by atoms with Gasteiger partial charge in [-0.1, -0.05) is 36.4 Å². The van der Waals surface area contributed by atoms with Crippen LogP contribution in [0.4, 0.5) is 68.2 Å². The molecule has 0 amide bonds. The molecular formula is C60H60N18S12. The number of isothiocyanates is 6. The molecule has 0 saturated heterocycles. The summed E-state index contributed by atoms with van der Waals surface area (Å²) in [6.07, 6.45) is 5.62. The van der Waals surface area contributed by atoms with Gasteiger partial charge in [-0.25, -0.2) is 0 Å². The number of unbranched alkanes of at least 4 members (excludes halogenated alkanes) is 3. The number of nitrogens with one attached hydrogen (secondary N) is 12. The second-order valence-electron chi connectivity index (χ2n) is 17.9. The maximum Gasteiger partial charge on any atom is 0.170 e. The molecule has 0 aliphatic carbocycles. The van der Waals surface area contributed by atoms with E-state index in [-0.39, 0.29) is 0 Å². The minimum atomic E-state index is 0.558. The Morgan fingerprint density at radius 3 is 0.522 bits per heavy atom. The largest absolute Gasteiger partial charge is 0.362 e. The SMILES string of the molecule is S=C=Nc1cccc(NC(=S)NCCCCNC(=S)Nc2cccc(N=C=S)c2)c1.S=C=Nc1cccc(NC(=S)NCCCCNC(=S)Nc2cccc(N=C=S)c2)c1.S=C=Nc1cccc(NC(=S)NCCCCNC(=S)Nc2cccc(N=C=S)c2)c1. The molecule has 0 atom stereocenters. The number of rotatable bonds is 27. The summed E-state index contributed by atoms with van der Waals surface area (Å²) < 4.78 is 0. The molecule has 6 aromatic rings. The van der Waals surface area contributed by atoms with Crippen LogP contribution in [0.2, 0.25) is 0 Å². The standard InChI is InChI=1S/3C20H20N6S4/c3*27-13-23-15-5-3-7-17(11-15)25-19(29)21-9-1-2-10-22-20(30)26-18-8-4-6-16(12-18)24-14-28/h3*3-8,11-12H,1-2,9-10H2,(H2,21,25,29)(H2,22,26,30). The minimum Gasteiger partial charge on any atom is -0.362 e. The Labute approximate surface area is 588 Å². The van der Waals surface area contributed by atoms with E-state index in [4.69, 9.17) is 73.3 Å². The molecule has 30 heteroatoms. The Bertz CT molecular complexity index is 3080. The third-order valence-electron chi connectivity index (χ3n) is 11.2. The van der Waals surface area contributed by atoms with E-state index in [9.17, 15) is 0 Å². The fraction of sp³-hybridized carbons (Fsp3) is 0.200. The average molecular weight is 1420 g/mol. The van der Waals surface area contributed by atoms with Crippen molar-refractivity contribution in [1.82, 2.24) is 31.9 Å². The van der Waals surface area contributed by atoms with Crippen LogP contribution in [0, 0.1) is 0 Å². The van der Waals surface area contributed by atoms with Crippen LogP contribution in [-0.2, 0) is 0 Å². The van der Waals surface area contributed by atoms with E-state index in [0.717, 1.165) is 146 Å². The first-order chi connectivity index (χ1) is 43.8. The van der Waals surface area contributed by atoms with Gasteiger partial charge in [-0.05, 0) is 294 Å². The predicted molar refractivity (Wildman–Crippen MR) is 420 cm³/mol. The van der Waals surface area contributed by atoms with Gasteiger partial charge in [0.1, 0.15) is 0 Å². The summed E-state index contributed by atoms with van der Waals surface area (Å²) in [5.74, 6) is 0. The van der Waals surface area contributed by atoms with Gasteiger partial charge in [0.25, 0.3) is 0 Å². The number of aliphatic imine (C=N–C) groups is 6.